The summed E-state index contributed by atoms with van der Waals surface area (Å²) >= 11 is 1.23. The molecular weight excluding hydrogens is 404 g/mol. The number of nitrogens with two attached hydrogens (primary N) is 1. The third kappa shape index (κ3) is 3.48. The van der Waals surface area contributed by atoms with Crippen molar-refractivity contribution >= 4 is 45.7 Å². The minimum Gasteiger partial charge on any atom is -0.462 e. The SMILES string of the molecule is CCOC(=O)c1c(C)oc2nc(CSc3nc4cc(F)c(F)cc4[nH]3)nc(N)c12. The Kier molecular flexibility index (Phi) is 4.82. The van der Waals surface area contributed by atoms with E-state index < -0.39 is 17.6 Å². The minimum atomic E-state index is -0.965. The molecule has 0 bridgehead atoms. The van der Waals surface area contributed by atoms with Crippen LogP contribution in [0.15, 0.2) is 21.7 Å². The van der Waals surface area contributed by atoms with E-state index in [1.54, 1.807) is 13.8 Å². The molecule has 0 atom stereocenters. The quantitative estimate of drug-likeness (QED) is 0.371. The molecule has 0 spiro atoms. The number of thioether (sulfide) groups is 1. The minimum absolute atomic E-state index is 0.0965. The number of hydrogen-bond donors (Lipinski definition) is 2. The first kappa shape index (κ1) is 19.1. The molecule has 4 rings (SSSR count). The predicted molar refractivity (Wildman–Crippen MR) is 102 cm³/mol. The molecule has 8 nitrogen and oxygen atoms in total. The van der Waals surface area contributed by atoms with Crippen molar-refractivity contribution < 1.29 is 22.7 Å². The number of halogens is 2. The van der Waals surface area contributed by atoms with E-state index in [1.807, 2.05) is 0 Å². The lowest BCUT2D eigenvalue weighted by Crippen LogP contribution is -2.07. The molecular formula is C18H15F2N5O3S. The first-order valence-electron chi connectivity index (χ1n) is 8.57. The van der Waals surface area contributed by atoms with Crippen LogP contribution in [0, 0.1) is 18.6 Å². The van der Waals surface area contributed by atoms with Crippen LogP contribution in [0.1, 0.15) is 28.9 Å². The molecule has 0 radical (unpaired) electrons. The van der Waals surface area contributed by atoms with E-state index >= 15 is 0 Å². The molecule has 0 fully saturated rings. The number of hydrogen-bond acceptors (Lipinski definition) is 8. The monoisotopic (exact) mass is 419 g/mol. The van der Waals surface area contributed by atoms with Crippen LogP contribution in [0.4, 0.5) is 14.6 Å². The Bertz CT molecular complexity index is 1210. The third-order valence-corrected chi connectivity index (χ3v) is 4.99. The lowest BCUT2D eigenvalue weighted by molar-refractivity contribution is 0.0526. The molecule has 0 amide bonds. The van der Waals surface area contributed by atoms with E-state index in [9.17, 15) is 13.6 Å². The number of H-pyrrole nitrogens is 1. The number of nitrogen functional groups attached to an aromatic ring is 1. The number of anilines is 1. The van der Waals surface area contributed by atoms with Gasteiger partial charge in [0.2, 0.25) is 5.71 Å². The van der Waals surface area contributed by atoms with E-state index in [1.165, 1.54) is 11.8 Å². The number of carbonyl (C=O) groups is 1. The Morgan fingerprint density at radius 3 is 2.79 bits per heavy atom. The molecule has 0 aliphatic heterocycles. The Labute approximate surface area is 166 Å². The van der Waals surface area contributed by atoms with Gasteiger partial charge in [0.15, 0.2) is 16.8 Å². The molecule has 0 saturated carbocycles. The molecule has 29 heavy (non-hydrogen) atoms. The molecule has 11 heteroatoms. The van der Waals surface area contributed by atoms with Gasteiger partial charge >= 0.3 is 5.97 Å². The van der Waals surface area contributed by atoms with Crippen molar-refractivity contribution in [2.75, 3.05) is 12.3 Å². The number of imidazole rings is 1. The van der Waals surface area contributed by atoms with Crippen LogP contribution >= 0.6 is 11.8 Å². The van der Waals surface area contributed by atoms with Crippen LogP contribution in [0.5, 0.6) is 0 Å². The van der Waals surface area contributed by atoms with Crippen molar-refractivity contribution in [2.45, 2.75) is 24.8 Å². The number of fused-ring (bicyclic) bond motifs is 2. The van der Waals surface area contributed by atoms with E-state index in [-0.39, 0.29) is 29.5 Å². The summed E-state index contributed by atoms with van der Waals surface area (Å²) in [5, 5.41) is 0.750. The second-order valence-electron chi connectivity index (χ2n) is 6.07. The highest BCUT2D eigenvalue weighted by molar-refractivity contribution is 7.98. The van der Waals surface area contributed by atoms with Gasteiger partial charge in [-0.3, -0.25) is 0 Å². The van der Waals surface area contributed by atoms with Gasteiger partial charge in [-0.15, -0.1) is 0 Å². The van der Waals surface area contributed by atoms with Crippen molar-refractivity contribution in [1.29, 1.82) is 0 Å². The number of nitrogens with zero attached hydrogens (tertiary/aromatic N) is 3. The summed E-state index contributed by atoms with van der Waals surface area (Å²) in [6.07, 6.45) is 0. The first-order chi connectivity index (χ1) is 13.9. The summed E-state index contributed by atoms with van der Waals surface area (Å²) in [4.78, 5) is 27.8. The zero-order chi connectivity index (χ0) is 20.7. The summed E-state index contributed by atoms with van der Waals surface area (Å²) in [5.74, 6) is -1.42. The molecule has 4 aromatic rings. The summed E-state index contributed by atoms with van der Waals surface area (Å²) in [7, 11) is 0. The number of aryl methyl sites for hydroxylation is 1. The van der Waals surface area contributed by atoms with Crippen molar-refractivity contribution in [2.24, 2.45) is 0 Å². The average molecular weight is 419 g/mol. The first-order valence-corrected chi connectivity index (χ1v) is 9.56. The van der Waals surface area contributed by atoms with Crippen LogP contribution in [0.25, 0.3) is 22.1 Å². The molecule has 0 aliphatic rings. The number of aromatic nitrogens is 4. The normalized spacial score (nSPS) is 11.4. The molecule has 3 heterocycles. The van der Waals surface area contributed by atoms with Gasteiger partial charge in [-0.2, -0.15) is 4.98 Å². The maximum atomic E-state index is 13.3. The maximum Gasteiger partial charge on any atom is 0.342 e. The van der Waals surface area contributed by atoms with Crippen LogP contribution < -0.4 is 5.73 Å². The van der Waals surface area contributed by atoms with Gasteiger partial charge in [-0.05, 0) is 13.8 Å². The number of benzene rings is 1. The topological polar surface area (TPSA) is 120 Å². The standard InChI is InChI=1S/C18H15F2N5O3S/c1-3-27-17(26)13-7(2)28-16-14(13)15(21)24-12(25-16)6-29-18-22-10-4-8(19)9(20)5-11(10)23-18/h4-5H,3,6H2,1-2H3,(H,22,23)(H2,21,24,25). The largest absolute Gasteiger partial charge is 0.462 e. The molecule has 0 unspecified atom stereocenters. The highest BCUT2D eigenvalue weighted by atomic mass is 32.2. The van der Waals surface area contributed by atoms with E-state index in [4.69, 9.17) is 14.9 Å². The lowest BCUT2D eigenvalue weighted by atomic mass is 10.2. The molecule has 0 aliphatic carbocycles. The molecule has 3 N–H and O–H groups in total. The Morgan fingerprint density at radius 1 is 1.28 bits per heavy atom. The van der Waals surface area contributed by atoms with Crippen LogP contribution in [0.2, 0.25) is 0 Å². The van der Waals surface area contributed by atoms with E-state index in [0.717, 1.165) is 12.1 Å². The molecule has 150 valence electrons. The summed E-state index contributed by atoms with van der Waals surface area (Å²) < 4.78 is 37.3. The van der Waals surface area contributed by atoms with Gasteiger partial charge in [-0.1, -0.05) is 11.8 Å². The Balaban J connectivity index is 1.61. The second kappa shape index (κ2) is 7.32. The fourth-order valence-corrected chi connectivity index (χ4v) is 3.62. The maximum absolute atomic E-state index is 13.3. The number of aromatic amines is 1. The lowest BCUT2D eigenvalue weighted by Gasteiger charge is -2.03. The highest BCUT2D eigenvalue weighted by Gasteiger charge is 2.24. The van der Waals surface area contributed by atoms with Gasteiger partial charge < -0.3 is 19.9 Å². The fraction of sp³-hybridized carbons (Fsp3) is 0.222. The van der Waals surface area contributed by atoms with E-state index in [0.29, 0.717) is 33.2 Å². The number of esters is 1. The Morgan fingerprint density at radius 2 is 2.03 bits per heavy atom. The fourth-order valence-electron chi connectivity index (χ4n) is 2.88. The Hall–Kier alpha value is -3.21. The predicted octanol–water partition coefficient (Wildman–Crippen LogP) is 3.74. The van der Waals surface area contributed by atoms with Crippen molar-refractivity contribution in [1.82, 2.24) is 19.9 Å². The smallest absolute Gasteiger partial charge is 0.342 e. The highest BCUT2D eigenvalue weighted by Crippen LogP contribution is 2.30. The molecule has 1 aromatic carbocycles. The van der Waals surface area contributed by atoms with Crippen molar-refractivity contribution in [3.05, 3.63) is 40.9 Å². The van der Waals surface area contributed by atoms with Crippen LogP contribution in [0.3, 0.4) is 0 Å². The van der Waals surface area contributed by atoms with Crippen LogP contribution in [-0.4, -0.2) is 32.5 Å². The van der Waals surface area contributed by atoms with Gasteiger partial charge in [0.25, 0.3) is 0 Å². The molecule has 3 aromatic heterocycles. The van der Waals surface area contributed by atoms with Crippen molar-refractivity contribution in [3.8, 4) is 0 Å². The number of rotatable bonds is 5. The zero-order valence-corrected chi connectivity index (χ0v) is 16.2. The summed E-state index contributed by atoms with van der Waals surface area (Å²) in [6, 6.07) is 2.07. The van der Waals surface area contributed by atoms with Crippen molar-refractivity contribution in [3.63, 3.8) is 0 Å². The average Bonchev–Trinajstić information content (AvgIpc) is 3.20. The second-order valence-corrected chi connectivity index (χ2v) is 7.04. The number of furan rings is 1. The van der Waals surface area contributed by atoms with Gasteiger partial charge in [0, 0.05) is 12.1 Å². The summed E-state index contributed by atoms with van der Waals surface area (Å²) in [5.41, 5.74) is 7.11. The number of carbonyl (C=O) groups excluding carboxylic acids is 1. The van der Waals surface area contributed by atoms with E-state index in [2.05, 4.69) is 19.9 Å². The molecule has 0 saturated heterocycles. The number of nitrogens with one attached hydrogen (secondary N) is 1. The zero-order valence-electron chi connectivity index (χ0n) is 15.4. The summed E-state index contributed by atoms with van der Waals surface area (Å²) in [6.45, 7) is 3.53. The third-order valence-electron chi connectivity index (χ3n) is 4.12. The van der Waals surface area contributed by atoms with Gasteiger partial charge in [0.05, 0.1) is 28.8 Å². The number of ether oxygens (including phenoxy) is 1. The van der Waals surface area contributed by atoms with Crippen LogP contribution in [-0.2, 0) is 10.5 Å². The van der Waals surface area contributed by atoms with Gasteiger partial charge in [-0.25, -0.2) is 23.5 Å². The van der Waals surface area contributed by atoms with Gasteiger partial charge in [0.1, 0.15) is 23.0 Å².